The van der Waals surface area contributed by atoms with Crippen LogP contribution in [0.4, 0.5) is 0 Å². The number of benzene rings is 1. The van der Waals surface area contributed by atoms with Crippen LogP contribution in [0, 0.1) is 5.92 Å². The monoisotopic (exact) mass is 421 g/mol. The molecule has 1 aromatic heterocycles. The highest BCUT2D eigenvalue weighted by atomic mass is 35.5. The van der Waals surface area contributed by atoms with E-state index >= 15 is 0 Å². The number of pyridine rings is 1. The maximum Gasteiger partial charge on any atom is 0.255 e. The standard InChI is InChI=1S/C22H27N3O.2ClH/c26-22-19(5-6-21-20-11-16(12-23-13-20)14-25(21)22)15-24-9-7-17-3-1-2-4-18(17)8-10-24;;/h1-6,16,20,23H,7-15H2;2*1H/t16-,20+;;/m0../s1. The fraction of sp³-hybridized carbons (Fsp3) is 0.500. The molecule has 2 aromatic rings. The maximum atomic E-state index is 13.1. The minimum Gasteiger partial charge on any atom is -0.316 e. The molecule has 4 nitrogen and oxygen atoms in total. The number of halogens is 2. The topological polar surface area (TPSA) is 37.3 Å². The molecule has 0 amide bonds. The van der Waals surface area contributed by atoms with Gasteiger partial charge in [-0.15, -0.1) is 24.8 Å². The second-order valence-electron chi connectivity index (χ2n) is 8.20. The molecule has 2 atom stereocenters. The summed E-state index contributed by atoms with van der Waals surface area (Å²) in [4.78, 5) is 15.6. The van der Waals surface area contributed by atoms with Crippen LogP contribution in [0.5, 0.6) is 0 Å². The zero-order valence-electron chi connectivity index (χ0n) is 16.1. The minimum absolute atomic E-state index is 0. The molecule has 0 radical (unpaired) electrons. The van der Waals surface area contributed by atoms with Crippen LogP contribution in [0.25, 0.3) is 0 Å². The zero-order valence-corrected chi connectivity index (χ0v) is 17.7. The van der Waals surface area contributed by atoms with Crippen molar-refractivity contribution in [3.63, 3.8) is 0 Å². The van der Waals surface area contributed by atoms with Gasteiger partial charge in [0.2, 0.25) is 0 Å². The predicted molar refractivity (Wildman–Crippen MR) is 118 cm³/mol. The summed E-state index contributed by atoms with van der Waals surface area (Å²) in [7, 11) is 0. The highest BCUT2D eigenvalue weighted by molar-refractivity contribution is 5.85. The molecule has 28 heavy (non-hydrogen) atoms. The maximum absolute atomic E-state index is 13.1. The van der Waals surface area contributed by atoms with Crippen molar-refractivity contribution in [2.24, 2.45) is 5.92 Å². The first kappa shape index (κ1) is 21.4. The lowest BCUT2D eigenvalue weighted by atomic mass is 9.84. The smallest absolute Gasteiger partial charge is 0.255 e. The van der Waals surface area contributed by atoms with Gasteiger partial charge < -0.3 is 9.88 Å². The Bertz CT molecular complexity index is 855. The van der Waals surface area contributed by atoms with Gasteiger partial charge in [0.25, 0.3) is 5.56 Å². The lowest BCUT2D eigenvalue weighted by Gasteiger charge is -2.37. The molecule has 1 saturated heterocycles. The van der Waals surface area contributed by atoms with Crippen molar-refractivity contribution in [3.05, 3.63) is 69.1 Å². The van der Waals surface area contributed by atoms with Crippen LogP contribution >= 0.6 is 24.8 Å². The summed E-state index contributed by atoms with van der Waals surface area (Å²) in [5.41, 5.74) is 5.40. The summed E-state index contributed by atoms with van der Waals surface area (Å²) in [5.74, 6) is 1.12. The molecule has 5 rings (SSSR count). The molecule has 0 spiro atoms. The molecule has 0 saturated carbocycles. The summed E-state index contributed by atoms with van der Waals surface area (Å²) < 4.78 is 2.08. The van der Waals surface area contributed by atoms with Crippen LogP contribution in [0.2, 0.25) is 0 Å². The molecule has 1 aromatic carbocycles. The number of piperidine rings is 1. The Kier molecular flexibility index (Phi) is 6.87. The molecule has 152 valence electrons. The van der Waals surface area contributed by atoms with Crippen LogP contribution in [0.15, 0.2) is 41.2 Å². The zero-order chi connectivity index (χ0) is 17.5. The molecular weight excluding hydrogens is 393 g/mol. The molecule has 3 aliphatic heterocycles. The van der Waals surface area contributed by atoms with Crippen molar-refractivity contribution in [2.45, 2.75) is 38.3 Å². The second-order valence-corrected chi connectivity index (χ2v) is 8.20. The van der Waals surface area contributed by atoms with E-state index in [0.717, 1.165) is 57.7 Å². The Morgan fingerprint density at radius 1 is 0.964 bits per heavy atom. The third kappa shape index (κ3) is 4.02. The minimum atomic E-state index is 0. The molecular formula is C22H29Cl2N3O. The average Bonchev–Trinajstić information content (AvgIpc) is 2.87. The van der Waals surface area contributed by atoms with E-state index in [2.05, 4.69) is 51.2 Å². The SMILES string of the molecule is Cl.Cl.O=c1c(CN2CCc3ccccc3CC2)ccc2n1C[C@@H]1CNC[C@H]2C1. The first-order valence-electron chi connectivity index (χ1n) is 10.0. The van der Waals surface area contributed by atoms with E-state index in [1.807, 2.05) is 0 Å². The average molecular weight is 422 g/mol. The Labute approximate surface area is 179 Å². The van der Waals surface area contributed by atoms with Gasteiger partial charge in [-0.3, -0.25) is 9.69 Å². The van der Waals surface area contributed by atoms with Crippen molar-refractivity contribution < 1.29 is 0 Å². The Hall–Kier alpha value is -1.33. The predicted octanol–water partition coefficient (Wildman–Crippen LogP) is 3.00. The van der Waals surface area contributed by atoms with Crippen molar-refractivity contribution in [2.75, 3.05) is 26.2 Å². The fourth-order valence-corrected chi connectivity index (χ4v) is 5.07. The first-order valence-corrected chi connectivity index (χ1v) is 10.0. The Morgan fingerprint density at radius 3 is 2.39 bits per heavy atom. The summed E-state index contributed by atoms with van der Waals surface area (Å²) in [6.45, 7) is 5.80. The van der Waals surface area contributed by atoms with Gasteiger partial charge in [0.15, 0.2) is 0 Å². The van der Waals surface area contributed by atoms with Crippen LogP contribution in [-0.4, -0.2) is 35.6 Å². The number of nitrogens with zero attached hydrogens (tertiary/aromatic N) is 2. The molecule has 2 bridgehead atoms. The van der Waals surface area contributed by atoms with Crippen LogP contribution in [-0.2, 0) is 25.9 Å². The van der Waals surface area contributed by atoms with Crippen molar-refractivity contribution >= 4 is 24.8 Å². The largest absolute Gasteiger partial charge is 0.316 e. The van der Waals surface area contributed by atoms with E-state index in [0.29, 0.717) is 11.8 Å². The highest BCUT2D eigenvalue weighted by Crippen LogP contribution is 2.31. The number of hydrogen-bond donors (Lipinski definition) is 1. The van der Waals surface area contributed by atoms with E-state index in [1.165, 1.54) is 23.2 Å². The van der Waals surface area contributed by atoms with Gasteiger partial charge in [-0.25, -0.2) is 0 Å². The van der Waals surface area contributed by atoms with Gasteiger partial charge in [-0.2, -0.15) is 0 Å². The number of rotatable bonds is 2. The molecule has 4 heterocycles. The van der Waals surface area contributed by atoms with Gasteiger partial charge in [-0.1, -0.05) is 30.3 Å². The third-order valence-corrected chi connectivity index (χ3v) is 6.49. The molecule has 1 fully saturated rings. The molecule has 1 N–H and O–H groups in total. The van der Waals surface area contributed by atoms with E-state index in [4.69, 9.17) is 0 Å². The van der Waals surface area contributed by atoms with Crippen LogP contribution in [0.1, 0.15) is 34.7 Å². The number of nitrogens with one attached hydrogen (secondary N) is 1. The van der Waals surface area contributed by atoms with Crippen molar-refractivity contribution in [3.8, 4) is 0 Å². The molecule has 0 unspecified atom stereocenters. The van der Waals surface area contributed by atoms with Crippen molar-refractivity contribution in [1.29, 1.82) is 0 Å². The quantitative estimate of drug-likeness (QED) is 0.809. The van der Waals surface area contributed by atoms with Gasteiger partial charge >= 0.3 is 0 Å². The number of aromatic nitrogens is 1. The Morgan fingerprint density at radius 2 is 1.68 bits per heavy atom. The second kappa shape index (κ2) is 9.00. The van der Waals surface area contributed by atoms with Gasteiger partial charge in [0.1, 0.15) is 0 Å². The highest BCUT2D eigenvalue weighted by Gasteiger charge is 2.31. The molecule has 0 aliphatic carbocycles. The van der Waals surface area contributed by atoms with E-state index in [-0.39, 0.29) is 30.4 Å². The van der Waals surface area contributed by atoms with Gasteiger partial charge in [0.05, 0.1) is 0 Å². The van der Waals surface area contributed by atoms with Crippen molar-refractivity contribution in [1.82, 2.24) is 14.8 Å². The van der Waals surface area contributed by atoms with E-state index in [1.54, 1.807) is 0 Å². The number of hydrogen-bond acceptors (Lipinski definition) is 3. The number of fused-ring (bicyclic) bond motifs is 5. The lowest BCUT2D eigenvalue weighted by molar-refractivity contribution is 0.251. The summed E-state index contributed by atoms with van der Waals surface area (Å²) in [6.07, 6.45) is 3.40. The van der Waals surface area contributed by atoms with E-state index in [9.17, 15) is 4.79 Å². The van der Waals surface area contributed by atoms with Crippen LogP contribution in [0.3, 0.4) is 0 Å². The normalized spacial score (nSPS) is 23.4. The van der Waals surface area contributed by atoms with Crippen LogP contribution < -0.4 is 10.9 Å². The Balaban J connectivity index is 0.00000112. The fourth-order valence-electron chi connectivity index (χ4n) is 5.07. The molecule has 3 aliphatic rings. The van der Waals surface area contributed by atoms with Gasteiger partial charge in [0, 0.05) is 49.9 Å². The third-order valence-electron chi connectivity index (χ3n) is 6.49. The lowest BCUT2D eigenvalue weighted by Crippen LogP contribution is -2.45. The summed E-state index contributed by atoms with van der Waals surface area (Å²) in [5, 5.41) is 3.52. The summed E-state index contributed by atoms with van der Waals surface area (Å²) in [6, 6.07) is 13.1. The summed E-state index contributed by atoms with van der Waals surface area (Å²) >= 11 is 0. The first-order chi connectivity index (χ1) is 12.8. The van der Waals surface area contributed by atoms with Gasteiger partial charge in [-0.05, 0) is 48.9 Å². The van der Waals surface area contributed by atoms with E-state index < -0.39 is 0 Å². The molecule has 6 heteroatoms.